The Bertz CT molecular complexity index is 256. The molecule has 13 heavy (non-hydrogen) atoms. The summed E-state index contributed by atoms with van der Waals surface area (Å²) in [6.45, 7) is 0. The second-order valence-corrected chi connectivity index (χ2v) is 3.70. The van der Waals surface area contributed by atoms with E-state index in [0.29, 0.717) is 6.42 Å². The smallest absolute Gasteiger partial charge is 0.305 e. The van der Waals surface area contributed by atoms with Crippen molar-refractivity contribution in [3.8, 4) is 0 Å². The average Bonchev–Trinajstić information content (AvgIpc) is 2.51. The number of hydrogen-bond acceptors (Lipinski definition) is 3. The third kappa shape index (κ3) is 4.05. The fourth-order valence-electron chi connectivity index (χ4n) is 1.07. The molecule has 0 aliphatic rings. The van der Waals surface area contributed by atoms with E-state index in [4.69, 9.17) is 5.11 Å². The lowest BCUT2D eigenvalue weighted by atomic mass is 10.1. The van der Waals surface area contributed by atoms with Crippen LogP contribution in [0.25, 0.3) is 0 Å². The fraction of sp³-hybridized carbons (Fsp3) is 0.444. The number of aliphatic hydroxyl groups is 1. The Balaban J connectivity index is 2.22. The Morgan fingerprint density at radius 1 is 1.62 bits per heavy atom. The molecule has 0 spiro atoms. The van der Waals surface area contributed by atoms with Crippen molar-refractivity contribution in [1.29, 1.82) is 0 Å². The fourth-order valence-corrected chi connectivity index (χ4v) is 1.77. The minimum Gasteiger partial charge on any atom is -0.481 e. The Hall–Kier alpha value is -0.870. The molecule has 2 N–H and O–H groups in total. The zero-order valence-corrected chi connectivity index (χ0v) is 7.96. The highest BCUT2D eigenvalue weighted by Crippen LogP contribution is 2.10. The van der Waals surface area contributed by atoms with E-state index >= 15 is 0 Å². The summed E-state index contributed by atoms with van der Waals surface area (Å²) in [5.74, 6) is -0.946. The van der Waals surface area contributed by atoms with Crippen molar-refractivity contribution >= 4 is 17.3 Å². The third-order valence-electron chi connectivity index (χ3n) is 1.76. The lowest BCUT2D eigenvalue weighted by Crippen LogP contribution is -2.13. The second kappa shape index (κ2) is 4.99. The summed E-state index contributed by atoms with van der Waals surface area (Å²) < 4.78 is 0. The van der Waals surface area contributed by atoms with E-state index in [1.807, 2.05) is 16.8 Å². The van der Waals surface area contributed by atoms with Gasteiger partial charge in [-0.3, -0.25) is 4.79 Å². The van der Waals surface area contributed by atoms with Crippen molar-refractivity contribution < 1.29 is 15.0 Å². The first kappa shape index (κ1) is 10.2. The van der Waals surface area contributed by atoms with Gasteiger partial charge in [-0.05, 0) is 35.2 Å². The largest absolute Gasteiger partial charge is 0.481 e. The van der Waals surface area contributed by atoms with Crippen molar-refractivity contribution in [2.24, 2.45) is 0 Å². The highest BCUT2D eigenvalue weighted by atomic mass is 32.1. The first-order valence-corrected chi connectivity index (χ1v) is 5.03. The van der Waals surface area contributed by atoms with E-state index in [0.717, 1.165) is 12.0 Å². The summed E-state index contributed by atoms with van der Waals surface area (Å²) in [6.07, 6.45) is 0.378. The standard InChI is InChI=1S/C9H12O3S/c10-8(5-9(11)12)2-1-7-3-4-13-6-7/h3-4,6,8,10H,1-2,5H2,(H,11,12)/t8-/m0/s1. The quantitative estimate of drug-likeness (QED) is 0.757. The van der Waals surface area contributed by atoms with E-state index in [-0.39, 0.29) is 6.42 Å². The lowest BCUT2D eigenvalue weighted by Gasteiger charge is -2.05. The van der Waals surface area contributed by atoms with Gasteiger partial charge in [0, 0.05) is 0 Å². The summed E-state index contributed by atoms with van der Waals surface area (Å²) in [5, 5.41) is 21.6. The van der Waals surface area contributed by atoms with Gasteiger partial charge in [-0.2, -0.15) is 11.3 Å². The van der Waals surface area contributed by atoms with Gasteiger partial charge in [0.05, 0.1) is 12.5 Å². The number of rotatable bonds is 5. The maximum atomic E-state index is 10.2. The number of aliphatic carboxylic acids is 1. The van der Waals surface area contributed by atoms with Crippen molar-refractivity contribution in [1.82, 2.24) is 0 Å². The molecule has 0 fully saturated rings. The molecule has 4 heteroatoms. The van der Waals surface area contributed by atoms with Crippen molar-refractivity contribution in [2.75, 3.05) is 0 Å². The molecule has 0 saturated carbocycles. The summed E-state index contributed by atoms with van der Waals surface area (Å²) in [7, 11) is 0. The number of carbonyl (C=O) groups is 1. The van der Waals surface area contributed by atoms with Crippen LogP contribution >= 0.6 is 11.3 Å². The number of thiophene rings is 1. The predicted octanol–water partition coefficient (Wildman–Crippen LogP) is 1.52. The van der Waals surface area contributed by atoms with Gasteiger partial charge >= 0.3 is 5.97 Å². The molecule has 0 amide bonds. The SMILES string of the molecule is O=C(O)C[C@@H](O)CCc1ccsc1. The molecule has 0 aromatic carbocycles. The van der Waals surface area contributed by atoms with Gasteiger partial charge < -0.3 is 10.2 Å². The molecule has 0 unspecified atom stereocenters. The van der Waals surface area contributed by atoms with Crippen LogP contribution in [0.15, 0.2) is 16.8 Å². The van der Waals surface area contributed by atoms with Crippen LogP contribution in [-0.4, -0.2) is 22.3 Å². The molecule has 0 aliphatic heterocycles. The summed E-state index contributed by atoms with van der Waals surface area (Å²) >= 11 is 1.61. The topological polar surface area (TPSA) is 57.5 Å². The lowest BCUT2D eigenvalue weighted by molar-refractivity contribution is -0.139. The molecule has 0 bridgehead atoms. The van der Waals surface area contributed by atoms with Gasteiger partial charge in [-0.15, -0.1) is 0 Å². The molecule has 1 rings (SSSR count). The van der Waals surface area contributed by atoms with Gasteiger partial charge in [0.25, 0.3) is 0 Å². The van der Waals surface area contributed by atoms with Crippen LogP contribution in [0.2, 0.25) is 0 Å². The maximum absolute atomic E-state index is 10.2. The molecule has 72 valence electrons. The Labute approximate surface area is 80.6 Å². The highest BCUT2D eigenvalue weighted by molar-refractivity contribution is 7.07. The number of aliphatic hydroxyl groups excluding tert-OH is 1. The predicted molar refractivity (Wildman–Crippen MR) is 50.9 cm³/mol. The first-order valence-electron chi connectivity index (χ1n) is 4.09. The molecule has 0 radical (unpaired) electrons. The average molecular weight is 200 g/mol. The van der Waals surface area contributed by atoms with Crippen LogP contribution in [0.3, 0.4) is 0 Å². The van der Waals surface area contributed by atoms with E-state index < -0.39 is 12.1 Å². The zero-order valence-electron chi connectivity index (χ0n) is 7.14. The minimum atomic E-state index is -0.946. The normalized spacial score (nSPS) is 12.7. The van der Waals surface area contributed by atoms with Crippen molar-refractivity contribution in [3.63, 3.8) is 0 Å². The highest BCUT2D eigenvalue weighted by Gasteiger charge is 2.09. The van der Waals surface area contributed by atoms with Crippen molar-refractivity contribution in [3.05, 3.63) is 22.4 Å². The third-order valence-corrected chi connectivity index (χ3v) is 2.49. The molecule has 0 aliphatic carbocycles. The van der Waals surface area contributed by atoms with E-state index in [1.165, 1.54) is 0 Å². The van der Waals surface area contributed by atoms with E-state index in [1.54, 1.807) is 11.3 Å². The summed E-state index contributed by atoms with van der Waals surface area (Å²) in [5.41, 5.74) is 1.16. The second-order valence-electron chi connectivity index (χ2n) is 2.92. The van der Waals surface area contributed by atoms with E-state index in [9.17, 15) is 9.90 Å². The Morgan fingerprint density at radius 2 is 2.38 bits per heavy atom. The van der Waals surface area contributed by atoms with Crippen LogP contribution < -0.4 is 0 Å². The molecule has 1 aromatic rings. The molecular formula is C9H12O3S. The van der Waals surface area contributed by atoms with Crippen LogP contribution in [0, 0.1) is 0 Å². The van der Waals surface area contributed by atoms with E-state index in [2.05, 4.69) is 0 Å². The maximum Gasteiger partial charge on any atom is 0.305 e. The van der Waals surface area contributed by atoms with Crippen LogP contribution in [0.5, 0.6) is 0 Å². The summed E-state index contributed by atoms with van der Waals surface area (Å²) in [4.78, 5) is 10.2. The number of aryl methyl sites for hydroxylation is 1. The molecule has 1 aromatic heterocycles. The van der Waals surface area contributed by atoms with Crippen LogP contribution in [0.1, 0.15) is 18.4 Å². The Kier molecular flexibility index (Phi) is 3.92. The molecule has 1 heterocycles. The minimum absolute atomic E-state index is 0.163. The number of carboxylic acid groups (broad SMARTS) is 1. The number of hydrogen-bond donors (Lipinski definition) is 2. The van der Waals surface area contributed by atoms with Crippen LogP contribution in [-0.2, 0) is 11.2 Å². The zero-order chi connectivity index (χ0) is 9.68. The monoisotopic (exact) mass is 200 g/mol. The number of carboxylic acids is 1. The summed E-state index contributed by atoms with van der Waals surface area (Å²) in [6, 6.07) is 1.98. The van der Waals surface area contributed by atoms with Gasteiger partial charge in [-0.25, -0.2) is 0 Å². The molecule has 3 nitrogen and oxygen atoms in total. The first-order chi connectivity index (χ1) is 6.18. The van der Waals surface area contributed by atoms with Gasteiger partial charge in [0.1, 0.15) is 0 Å². The van der Waals surface area contributed by atoms with Crippen LogP contribution in [0.4, 0.5) is 0 Å². The molecule has 1 atom stereocenters. The van der Waals surface area contributed by atoms with Gasteiger partial charge in [-0.1, -0.05) is 0 Å². The van der Waals surface area contributed by atoms with Crippen molar-refractivity contribution in [2.45, 2.75) is 25.4 Å². The molecular weight excluding hydrogens is 188 g/mol. The Morgan fingerprint density at radius 3 is 2.92 bits per heavy atom. The van der Waals surface area contributed by atoms with Gasteiger partial charge in [0.15, 0.2) is 0 Å². The molecule has 0 saturated heterocycles. The van der Waals surface area contributed by atoms with Gasteiger partial charge in [0.2, 0.25) is 0 Å².